The molecule has 190 valence electrons. The van der Waals surface area contributed by atoms with Gasteiger partial charge in [0.05, 0.1) is 12.1 Å². The molecule has 0 aliphatic carbocycles. The molecule has 0 heterocycles. The summed E-state index contributed by atoms with van der Waals surface area (Å²) in [6.07, 6.45) is 1.13. The molecule has 11 N–H and O–H groups in total. The molecule has 0 aromatic carbocycles. The first-order valence-electron chi connectivity index (χ1n) is 10.2. The van der Waals surface area contributed by atoms with Gasteiger partial charge in [0.25, 0.3) is 0 Å². The van der Waals surface area contributed by atoms with Gasteiger partial charge in [0.1, 0.15) is 12.1 Å². The Labute approximate surface area is 202 Å². The number of nitrogens with one attached hydrogen (secondary N) is 3. The number of nitrogens with zero attached hydrogens (tertiary/aromatic N) is 1. The van der Waals surface area contributed by atoms with Crippen molar-refractivity contribution in [3.05, 3.63) is 0 Å². The van der Waals surface area contributed by atoms with Gasteiger partial charge < -0.3 is 43.4 Å². The molecule has 0 saturated carbocycles. The maximum atomic E-state index is 12.9. The molecule has 0 aromatic rings. The van der Waals surface area contributed by atoms with Gasteiger partial charge in [-0.2, -0.15) is 24.4 Å². The number of carboxylic acids is 1. The molecule has 0 aliphatic rings. The van der Waals surface area contributed by atoms with Gasteiger partial charge in [-0.15, -0.1) is 0 Å². The molecule has 0 spiro atoms. The van der Waals surface area contributed by atoms with Crippen molar-refractivity contribution >= 4 is 54.0 Å². The number of rotatable bonds is 16. The number of hydrogen-bond donors (Lipinski definition) is 9. The molecule has 0 fully saturated rings. The van der Waals surface area contributed by atoms with Crippen molar-refractivity contribution in [3.8, 4) is 0 Å². The standard InChI is InChI=1S/C18H35N7O6S2/c1-9(26)13(17(30)31)25-16(29)12(5-7-33-2)24-15(28)11(4-3-6-22-18(20)21)23-14(27)10(19)8-32/h9-13,26,32H,3-8,19H2,1-2H3,(H,23,27)(H,24,28)(H,25,29)(H,30,31)(H4,20,21,22). The Morgan fingerprint density at radius 1 is 1.03 bits per heavy atom. The van der Waals surface area contributed by atoms with Gasteiger partial charge in [-0.1, -0.05) is 0 Å². The van der Waals surface area contributed by atoms with E-state index in [1.165, 1.54) is 18.7 Å². The van der Waals surface area contributed by atoms with E-state index in [1.54, 1.807) is 6.26 Å². The first-order valence-corrected chi connectivity index (χ1v) is 12.2. The Morgan fingerprint density at radius 2 is 1.58 bits per heavy atom. The molecule has 3 amide bonds. The highest BCUT2D eigenvalue weighted by molar-refractivity contribution is 7.98. The molecular formula is C18H35N7O6S2. The number of carbonyl (C=O) groups excluding carboxylic acids is 3. The lowest BCUT2D eigenvalue weighted by atomic mass is 10.1. The fourth-order valence-electron chi connectivity index (χ4n) is 2.55. The monoisotopic (exact) mass is 509 g/mol. The molecule has 0 aliphatic heterocycles. The van der Waals surface area contributed by atoms with Crippen LogP contribution in [0, 0.1) is 0 Å². The fraction of sp³-hybridized carbons (Fsp3) is 0.722. The zero-order valence-corrected chi connectivity index (χ0v) is 20.4. The van der Waals surface area contributed by atoms with Crippen LogP contribution in [0.15, 0.2) is 4.99 Å². The maximum Gasteiger partial charge on any atom is 0.328 e. The molecule has 33 heavy (non-hydrogen) atoms. The summed E-state index contributed by atoms with van der Waals surface area (Å²) in [5, 5.41) is 26.1. The number of carbonyl (C=O) groups is 4. The molecule has 13 nitrogen and oxygen atoms in total. The SMILES string of the molecule is CSCCC(NC(=O)C(CCCN=C(N)N)NC(=O)C(N)CS)C(=O)NC(C(=O)O)C(C)O. The number of nitrogens with two attached hydrogens (primary N) is 3. The average molecular weight is 510 g/mol. The Balaban J connectivity index is 5.47. The van der Waals surface area contributed by atoms with Gasteiger partial charge in [0.15, 0.2) is 12.0 Å². The largest absolute Gasteiger partial charge is 0.480 e. The number of aliphatic hydroxyl groups excluding tert-OH is 1. The second kappa shape index (κ2) is 16.4. The maximum absolute atomic E-state index is 12.9. The van der Waals surface area contributed by atoms with E-state index in [4.69, 9.17) is 17.2 Å². The average Bonchev–Trinajstić information content (AvgIpc) is 2.74. The minimum Gasteiger partial charge on any atom is -0.480 e. The van der Waals surface area contributed by atoms with Gasteiger partial charge in [0, 0.05) is 12.3 Å². The first kappa shape index (κ1) is 30.8. The molecule has 15 heteroatoms. The molecule has 0 bridgehead atoms. The van der Waals surface area contributed by atoms with E-state index < -0.39 is 54.0 Å². The highest BCUT2D eigenvalue weighted by atomic mass is 32.2. The van der Waals surface area contributed by atoms with Crippen LogP contribution in [0.4, 0.5) is 0 Å². The number of aliphatic carboxylic acids is 1. The normalized spacial score (nSPS) is 15.3. The number of guanidine groups is 1. The van der Waals surface area contributed by atoms with Gasteiger partial charge >= 0.3 is 5.97 Å². The van der Waals surface area contributed by atoms with Crippen LogP contribution in [0.25, 0.3) is 0 Å². The van der Waals surface area contributed by atoms with Gasteiger partial charge in [-0.05, 0) is 38.2 Å². The summed E-state index contributed by atoms with van der Waals surface area (Å²) in [4.78, 5) is 52.9. The minimum absolute atomic E-state index is 0.0584. The molecule has 0 aromatic heterocycles. The number of hydrogen-bond acceptors (Lipinski definition) is 9. The molecule has 5 atom stereocenters. The zero-order valence-electron chi connectivity index (χ0n) is 18.7. The molecule has 0 saturated heterocycles. The minimum atomic E-state index is -1.55. The number of aliphatic hydroxyl groups is 1. The van der Waals surface area contributed by atoms with Gasteiger partial charge in [-0.25, -0.2) is 4.79 Å². The van der Waals surface area contributed by atoms with E-state index in [1.807, 2.05) is 0 Å². The Morgan fingerprint density at radius 3 is 2.06 bits per heavy atom. The van der Waals surface area contributed by atoms with E-state index >= 15 is 0 Å². The second-order valence-electron chi connectivity index (χ2n) is 7.21. The summed E-state index contributed by atoms with van der Waals surface area (Å²) in [5.41, 5.74) is 16.2. The van der Waals surface area contributed by atoms with Crippen LogP contribution in [0.5, 0.6) is 0 Å². The van der Waals surface area contributed by atoms with Crippen LogP contribution in [0.2, 0.25) is 0 Å². The summed E-state index contributed by atoms with van der Waals surface area (Å²) in [7, 11) is 0. The van der Waals surface area contributed by atoms with E-state index in [0.29, 0.717) is 12.2 Å². The lowest BCUT2D eigenvalue weighted by Gasteiger charge is -2.25. The zero-order chi connectivity index (χ0) is 25.6. The lowest BCUT2D eigenvalue weighted by molar-refractivity contribution is -0.145. The van der Waals surface area contributed by atoms with Crippen LogP contribution in [-0.4, -0.2) is 94.4 Å². The third-order valence-corrected chi connectivity index (χ3v) is 5.44. The molecule has 5 unspecified atom stereocenters. The quantitative estimate of drug-likeness (QED) is 0.0441. The van der Waals surface area contributed by atoms with Crippen molar-refractivity contribution in [3.63, 3.8) is 0 Å². The number of thioether (sulfide) groups is 1. The summed E-state index contributed by atoms with van der Waals surface area (Å²) in [6.45, 7) is 1.44. The van der Waals surface area contributed by atoms with Crippen molar-refractivity contribution in [2.45, 2.75) is 56.5 Å². The van der Waals surface area contributed by atoms with E-state index in [0.717, 1.165) is 0 Å². The van der Waals surface area contributed by atoms with Crippen molar-refractivity contribution in [2.75, 3.05) is 24.3 Å². The summed E-state index contributed by atoms with van der Waals surface area (Å²) >= 11 is 5.39. The van der Waals surface area contributed by atoms with Gasteiger partial charge in [0.2, 0.25) is 17.7 Å². The highest BCUT2D eigenvalue weighted by Crippen LogP contribution is 2.06. The van der Waals surface area contributed by atoms with Crippen molar-refractivity contribution in [2.24, 2.45) is 22.2 Å². The van der Waals surface area contributed by atoms with E-state index in [9.17, 15) is 29.4 Å². The smallest absolute Gasteiger partial charge is 0.328 e. The number of thiol groups is 1. The van der Waals surface area contributed by atoms with Crippen LogP contribution in [0.1, 0.15) is 26.2 Å². The Hall–Kier alpha value is -2.23. The first-order chi connectivity index (χ1) is 15.4. The third kappa shape index (κ3) is 12.6. The molecule has 0 rings (SSSR count). The third-order valence-electron chi connectivity index (χ3n) is 4.40. The Bertz CT molecular complexity index is 691. The van der Waals surface area contributed by atoms with Crippen LogP contribution in [0.3, 0.4) is 0 Å². The second-order valence-corrected chi connectivity index (χ2v) is 8.56. The highest BCUT2D eigenvalue weighted by Gasteiger charge is 2.31. The van der Waals surface area contributed by atoms with Crippen molar-refractivity contribution in [1.82, 2.24) is 16.0 Å². The van der Waals surface area contributed by atoms with Crippen LogP contribution in [-0.2, 0) is 19.2 Å². The summed E-state index contributed by atoms with van der Waals surface area (Å²) in [5.74, 6) is -3.03. The fourth-order valence-corrected chi connectivity index (χ4v) is 3.19. The van der Waals surface area contributed by atoms with Crippen LogP contribution >= 0.6 is 24.4 Å². The number of carboxylic acid groups (broad SMARTS) is 1. The topological polar surface area (TPSA) is 235 Å². The van der Waals surface area contributed by atoms with E-state index in [2.05, 4.69) is 33.6 Å². The van der Waals surface area contributed by atoms with Gasteiger partial charge in [-0.3, -0.25) is 19.4 Å². The molecular weight excluding hydrogens is 474 g/mol. The summed E-state index contributed by atoms with van der Waals surface area (Å²) in [6, 6.07) is -4.63. The van der Waals surface area contributed by atoms with Crippen LogP contribution < -0.4 is 33.2 Å². The van der Waals surface area contributed by atoms with E-state index in [-0.39, 0.29) is 31.1 Å². The number of amides is 3. The molecule has 0 radical (unpaired) electrons. The van der Waals surface area contributed by atoms with Crippen molar-refractivity contribution < 1.29 is 29.4 Å². The van der Waals surface area contributed by atoms with Crippen molar-refractivity contribution in [1.29, 1.82) is 0 Å². The number of aliphatic imine (C=N–C) groups is 1. The Kier molecular flexibility index (Phi) is 15.3. The predicted molar refractivity (Wildman–Crippen MR) is 130 cm³/mol. The summed E-state index contributed by atoms with van der Waals surface area (Å²) < 4.78 is 0. The predicted octanol–water partition coefficient (Wildman–Crippen LogP) is -3.03. The lowest BCUT2D eigenvalue weighted by Crippen LogP contribution is -2.58.